The first-order valence-electron chi connectivity index (χ1n) is 9.19. The van der Waals surface area contributed by atoms with Gasteiger partial charge in [-0.05, 0) is 42.5 Å². The smallest absolute Gasteiger partial charge is 0.338 e. The van der Waals surface area contributed by atoms with Gasteiger partial charge in [-0.3, -0.25) is 14.9 Å². The number of amides is 1. The fourth-order valence-electron chi connectivity index (χ4n) is 3.45. The summed E-state index contributed by atoms with van der Waals surface area (Å²) in [6.45, 7) is -0.556. The number of esters is 1. The minimum absolute atomic E-state index is 0.170. The van der Waals surface area contributed by atoms with Crippen molar-refractivity contribution in [2.45, 2.75) is 30.2 Å². The molecule has 0 unspecified atom stereocenters. The van der Waals surface area contributed by atoms with Crippen LogP contribution >= 0.6 is 0 Å². The first-order chi connectivity index (χ1) is 14.2. The third-order valence-electron chi connectivity index (χ3n) is 4.83. The molecule has 1 N–H and O–H groups in total. The molecule has 1 aliphatic rings. The summed E-state index contributed by atoms with van der Waals surface area (Å²) in [4.78, 5) is 34.2. The minimum atomic E-state index is -3.85. The van der Waals surface area contributed by atoms with Gasteiger partial charge in [0.2, 0.25) is 0 Å². The Morgan fingerprint density at radius 1 is 1.23 bits per heavy atom. The number of carbonyl (C=O) groups is 2. The molecular formula is C20H20N2O7S. The van der Waals surface area contributed by atoms with E-state index in [4.69, 9.17) is 4.74 Å². The molecule has 0 saturated carbocycles. The Morgan fingerprint density at radius 3 is 2.67 bits per heavy atom. The van der Waals surface area contributed by atoms with E-state index in [0.29, 0.717) is 0 Å². The number of nitro benzene ring substituents is 1. The molecule has 158 valence electrons. The van der Waals surface area contributed by atoms with Crippen molar-refractivity contribution in [3.05, 3.63) is 69.3 Å². The Kier molecular flexibility index (Phi) is 6.16. The number of hydrogen-bond donors (Lipinski definition) is 1. The molecule has 1 amide bonds. The number of aryl methyl sites for hydroxylation is 1. The first-order valence-corrected chi connectivity index (χ1v) is 11.1. The van der Waals surface area contributed by atoms with Crippen molar-refractivity contribution in [3.63, 3.8) is 0 Å². The molecule has 0 aliphatic heterocycles. The number of carbonyl (C=O) groups excluding carboxylic acids is 2. The lowest BCUT2D eigenvalue weighted by molar-refractivity contribution is -0.387. The largest absolute Gasteiger partial charge is 0.452 e. The fourth-order valence-corrected chi connectivity index (χ4v) is 4.28. The van der Waals surface area contributed by atoms with Gasteiger partial charge in [-0.25, -0.2) is 13.2 Å². The molecule has 0 saturated heterocycles. The van der Waals surface area contributed by atoms with E-state index in [1.165, 1.54) is 5.56 Å². The standard InChI is InChI=1S/C20H20N2O7S/c1-30(27,28)18-10-9-14(11-17(18)22(25)26)20(24)29-12-19(23)21-16-8-4-6-13-5-2-3-7-15(13)16/h2-3,5,7,9-11,16H,4,6,8,12H2,1H3,(H,21,23)/t16-/m1/s1. The number of ether oxygens (including phenoxy) is 1. The van der Waals surface area contributed by atoms with Crippen LogP contribution in [0.15, 0.2) is 47.4 Å². The molecule has 0 aromatic heterocycles. The Hall–Kier alpha value is -3.27. The number of sulfone groups is 1. The lowest BCUT2D eigenvalue weighted by Crippen LogP contribution is -2.34. The molecule has 2 aromatic carbocycles. The van der Waals surface area contributed by atoms with Crippen LogP contribution in [0.25, 0.3) is 0 Å². The van der Waals surface area contributed by atoms with E-state index in [1.807, 2.05) is 24.3 Å². The maximum absolute atomic E-state index is 12.2. The van der Waals surface area contributed by atoms with Crippen molar-refractivity contribution >= 4 is 27.4 Å². The summed E-state index contributed by atoms with van der Waals surface area (Å²) in [6.07, 6.45) is 3.48. The van der Waals surface area contributed by atoms with Crippen molar-refractivity contribution in [1.82, 2.24) is 5.32 Å². The highest BCUT2D eigenvalue weighted by Crippen LogP contribution is 2.29. The van der Waals surface area contributed by atoms with E-state index in [-0.39, 0.29) is 11.6 Å². The van der Waals surface area contributed by atoms with Gasteiger partial charge in [0.25, 0.3) is 11.6 Å². The number of nitrogens with zero attached hydrogens (tertiary/aromatic N) is 1. The Labute approximate surface area is 173 Å². The summed E-state index contributed by atoms with van der Waals surface area (Å²) in [5, 5.41) is 14.0. The second-order valence-electron chi connectivity index (χ2n) is 7.00. The lowest BCUT2D eigenvalue weighted by Gasteiger charge is -2.26. The van der Waals surface area contributed by atoms with Crippen LogP contribution in [0.4, 0.5) is 5.69 Å². The van der Waals surface area contributed by atoms with Crippen LogP contribution in [0.1, 0.15) is 40.4 Å². The summed E-state index contributed by atoms with van der Waals surface area (Å²) in [7, 11) is -3.85. The SMILES string of the molecule is CS(=O)(=O)c1ccc(C(=O)OCC(=O)N[C@@H]2CCCc3ccccc32)cc1[N+](=O)[O-]. The van der Waals surface area contributed by atoms with Gasteiger partial charge >= 0.3 is 5.97 Å². The van der Waals surface area contributed by atoms with Crippen molar-refractivity contribution in [2.75, 3.05) is 12.9 Å². The third-order valence-corrected chi connectivity index (χ3v) is 5.97. The lowest BCUT2D eigenvalue weighted by atomic mass is 9.88. The second-order valence-corrected chi connectivity index (χ2v) is 8.98. The van der Waals surface area contributed by atoms with Gasteiger partial charge in [0.05, 0.1) is 16.5 Å². The zero-order valence-electron chi connectivity index (χ0n) is 16.2. The minimum Gasteiger partial charge on any atom is -0.452 e. The van der Waals surface area contributed by atoms with Gasteiger partial charge in [0, 0.05) is 12.3 Å². The number of rotatable bonds is 6. The quantitative estimate of drug-likeness (QED) is 0.421. The molecule has 0 spiro atoms. The average molecular weight is 432 g/mol. The molecule has 0 radical (unpaired) electrons. The molecule has 9 nitrogen and oxygen atoms in total. The highest BCUT2D eigenvalue weighted by atomic mass is 32.2. The van der Waals surface area contributed by atoms with Gasteiger partial charge < -0.3 is 10.1 Å². The van der Waals surface area contributed by atoms with E-state index in [2.05, 4.69) is 5.32 Å². The van der Waals surface area contributed by atoms with E-state index in [0.717, 1.165) is 49.3 Å². The van der Waals surface area contributed by atoms with E-state index >= 15 is 0 Å². The molecule has 30 heavy (non-hydrogen) atoms. The van der Waals surface area contributed by atoms with E-state index in [1.54, 1.807) is 0 Å². The predicted molar refractivity (Wildman–Crippen MR) is 107 cm³/mol. The first kappa shape index (κ1) is 21.4. The number of hydrogen-bond acceptors (Lipinski definition) is 7. The van der Waals surface area contributed by atoms with Crippen LogP contribution in [-0.2, 0) is 25.8 Å². The van der Waals surface area contributed by atoms with Crippen molar-refractivity contribution in [3.8, 4) is 0 Å². The zero-order chi connectivity index (χ0) is 21.9. The molecule has 2 aromatic rings. The maximum atomic E-state index is 12.2. The average Bonchev–Trinajstić information content (AvgIpc) is 2.71. The van der Waals surface area contributed by atoms with Crippen LogP contribution in [-0.4, -0.2) is 38.1 Å². The number of fused-ring (bicyclic) bond motifs is 1. The topological polar surface area (TPSA) is 133 Å². The molecule has 1 aliphatic carbocycles. The Bertz CT molecular complexity index is 1110. The molecule has 10 heteroatoms. The van der Waals surface area contributed by atoms with Gasteiger partial charge in [-0.2, -0.15) is 0 Å². The van der Waals surface area contributed by atoms with Crippen LogP contribution in [0, 0.1) is 10.1 Å². The van der Waals surface area contributed by atoms with Crippen LogP contribution in [0.2, 0.25) is 0 Å². The maximum Gasteiger partial charge on any atom is 0.338 e. The van der Waals surface area contributed by atoms with Crippen LogP contribution in [0.3, 0.4) is 0 Å². The monoisotopic (exact) mass is 432 g/mol. The third kappa shape index (κ3) is 4.82. The van der Waals surface area contributed by atoms with Gasteiger partial charge in [-0.15, -0.1) is 0 Å². The van der Waals surface area contributed by atoms with E-state index in [9.17, 15) is 28.1 Å². The molecular weight excluding hydrogens is 412 g/mol. The Morgan fingerprint density at radius 2 is 1.97 bits per heavy atom. The predicted octanol–water partition coefficient (Wildman–Crippen LogP) is 2.35. The number of benzene rings is 2. The number of nitrogens with one attached hydrogen (secondary N) is 1. The highest BCUT2D eigenvalue weighted by molar-refractivity contribution is 7.90. The summed E-state index contributed by atoms with van der Waals surface area (Å²) in [5.74, 6) is -1.45. The molecule has 1 atom stereocenters. The normalized spacial score (nSPS) is 15.7. The Balaban J connectivity index is 1.65. The summed E-state index contributed by atoms with van der Waals surface area (Å²) >= 11 is 0. The summed E-state index contributed by atoms with van der Waals surface area (Å²) in [6, 6.07) is 10.6. The molecule has 0 heterocycles. The van der Waals surface area contributed by atoms with Crippen molar-refractivity contribution < 1.29 is 27.7 Å². The summed E-state index contributed by atoms with van der Waals surface area (Å²) < 4.78 is 28.3. The van der Waals surface area contributed by atoms with Crippen molar-refractivity contribution in [1.29, 1.82) is 0 Å². The van der Waals surface area contributed by atoms with Crippen molar-refractivity contribution in [2.24, 2.45) is 0 Å². The molecule has 0 bridgehead atoms. The van der Waals surface area contributed by atoms with Crippen LogP contribution in [0.5, 0.6) is 0 Å². The van der Waals surface area contributed by atoms with E-state index < -0.39 is 43.8 Å². The highest BCUT2D eigenvalue weighted by Gasteiger charge is 2.25. The second kappa shape index (κ2) is 8.62. The fraction of sp³-hybridized carbons (Fsp3) is 0.300. The van der Waals surface area contributed by atoms with Gasteiger partial charge in [0.1, 0.15) is 4.90 Å². The van der Waals surface area contributed by atoms with Crippen LogP contribution < -0.4 is 5.32 Å². The van der Waals surface area contributed by atoms with Gasteiger partial charge in [-0.1, -0.05) is 24.3 Å². The number of nitro groups is 1. The summed E-state index contributed by atoms with van der Waals surface area (Å²) in [5.41, 5.74) is 1.26. The molecule has 0 fully saturated rings. The molecule has 3 rings (SSSR count). The zero-order valence-corrected chi connectivity index (χ0v) is 17.0. The van der Waals surface area contributed by atoms with Gasteiger partial charge in [0.15, 0.2) is 16.4 Å².